The van der Waals surface area contributed by atoms with Gasteiger partial charge in [0.1, 0.15) is 18.3 Å². The fourth-order valence-electron chi connectivity index (χ4n) is 2.57. The van der Waals surface area contributed by atoms with Gasteiger partial charge in [-0.25, -0.2) is 4.79 Å². The monoisotopic (exact) mass is 387 g/mol. The highest BCUT2D eigenvalue weighted by Crippen LogP contribution is 2.32. The average molecular weight is 387 g/mol. The number of phenolic OH excluding ortho intramolecular Hbond substituents is 1. The zero-order valence-corrected chi connectivity index (χ0v) is 14.9. The average Bonchev–Trinajstić information content (AvgIpc) is 2.61. The van der Waals surface area contributed by atoms with Crippen LogP contribution in [0.25, 0.3) is 0 Å². The number of aliphatic carboxylic acids is 1. The first kappa shape index (κ1) is 21.4. The third kappa shape index (κ3) is 5.06. The van der Waals surface area contributed by atoms with Crippen LogP contribution in [0.1, 0.15) is 25.5 Å². The Bertz CT molecular complexity index is 653. The van der Waals surface area contributed by atoms with Gasteiger partial charge in [-0.1, -0.05) is 19.9 Å². The molecule has 1 aliphatic rings. The zero-order chi connectivity index (χ0) is 20.3. The van der Waals surface area contributed by atoms with E-state index in [4.69, 9.17) is 14.6 Å². The maximum Gasteiger partial charge on any atom is 0.335 e. The number of aromatic hydroxyl groups is 1. The summed E-state index contributed by atoms with van der Waals surface area (Å²) in [6, 6.07) is 4.20. The second kappa shape index (κ2) is 8.83. The number of benzene rings is 1. The predicted molar refractivity (Wildman–Crippen MR) is 91.2 cm³/mol. The third-order valence-electron chi connectivity index (χ3n) is 4.14. The van der Waals surface area contributed by atoms with Crippen molar-refractivity contribution in [2.45, 2.75) is 56.7 Å². The van der Waals surface area contributed by atoms with Gasteiger partial charge in [0.25, 0.3) is 0 Å². The summed E-state index contributed by atoms with van der Waals surface area (Å²) in [6.07, 6.45) is -9.81. The minimum Gasteiger partial charge on any atom is -0.504 e. The van der Waals surface area contributed by atoms with Gasteiger partial charge in [0.05, 0.1) is 6.10 Å². The van der Waals surface area contributed by atoms with Crippen LogP contribution in [0.5, 0.6) is 11.5 Å². The molecule has 1 aliphatic heterocycles. The third-order valence-corrected chi connectivity index (χ3v) is 4.14. The Kier molecular flexibility index (Phi) is 6.98. The Morgan fingerprint density at radius 3 is 2.48 bits per heavy atom. The largest absolute Gasteiger partial charge is 0.504 e. The van der Waals surface area contributed by atoms with E-state index in [1.807, 2.05) is 13.8 Å². The summed E-state index contributed by atoms with van der Waals surface area (Å²) in [5.41, 5.74) is 0.400. The molecule has 0 bridgehead atoms. The standard InChI is InChI=1S/C17H25NO9/c1-7(2)18-6-10(20)8-3-4-9(19)11(5-8)26-17-14(23)12(21)13(22)15(27-17)16(24)25/h3-5,7,10,12-15,17-23H,6H2,1-2H3,(H,24,25)/t10?,12-,13-,14+,15-,17?/m0/s1. The molecule has 7 N–H and O–H groups in total. The molecule has 0 aromatic heterocycles. The lowest BCUT2D eigenvalue weighted by Gasteiger charge is -2.38. The maximum atomic E-state index is 11.1. The molecule has 1 aromatic rings. The lowest BCUT2D eigenvalue weighted by atomic mass is 9.99. The number of rotatable bonds is 7. The number of nitrogens with one attached hydrogen (secondary N) is 1. The lowest BCUT2D eigenvalue weighted by Crippen LogP contribution is -2.61. The highest BCUT2D eigenvalue weighted by atomic mass is 16.7. The van der Waals surface area contributed by atoms with Crippen molar-refractivity contribution in [3.8, 4) is 11.5 Å². The van der Waals surface area contributed by atoms with Crippen LogP contribution in [0.3, 0.4) is 0 Å². The zero-order valence-electron chi connectivity index (χ0n) is 14.9. The van der Waals surface area contributed by atoms with Crippen molar-refractivity contribution < 1.29 is 44.9 Å². The highest BCUT2D eigenvalue weighted by molar-refractivity contribution is 5.73. The molecule has 2 unspecified atom stereocenters. The summed E-state index contributed by atoms with van der Waals surface area (Å²) in [4.78, 5) is 11.1. The van der Waals surface area contributed by atoms with Crippen LogP contribution in [-0.4, -0.2) is 79.9 Å². The molecule has 0 saturated carbocycles. The second-order valence-corrected chi connectivity index (χ2v) is 6.66. The molecule has 0 radical (unpaired) electrons. The number of hydrogen-bond acceptors (Lipinski definition) is 9. The van der Waals surface area contributed by atoms with Gasteiger partial charge in [-0.15, -0.1) is 0 Å². The van der Waals surface area contributed by atoms with Gasteiger partial charge >= 0.3 is 5.97 Å². The second-order valence-electron chi connectivity index (χ2n) is 6.66. The van der Waals surface area contributed by atoms with Gasteiger partial charge in [-0.3, -0.25) is 0 Å². The summed E-state index contributed by atoms with van der Waals surface area (Å²) in [5, 5.41) is 61.7. The Morgan fingerprint density at radius 1 is 1.22 bits per heavy atom. The first-order valence-electron chi connectivity index (χ1n) is 8.45. The molecule has 1 heterocycles. The topological polar surface area (TPSA) is 169 Å². The van der Waals surface area contributed by atoms with E-state index in [9.17, 15) is 30.3 Å². The summed E-state index contributed by atoms with van der Waals surface area (Å²) in [7, 11) is 0. The van der Waals surface area contributed by atoms with Crippen molar-refractivity contribution in [2.75, 3.05) is 6.54 Å². The number of carboxylic acid groups (broad SMARTS) is 1. The quantitative estimate of drug-likeness (QED) is 0.298. The summed E-state index contributed by atoms with van der Waals surface area (Å²) in [6.45, 7) is 4.08. The smallest absolute Gasteiger partial charge is 0.335 e. The van der Waals surface area contributed by atoms with Gasteiger partial charge in [-0.05, 0) is 17.7 Å². The molecule has 27 heavy (non-hydrogen) atoms. The van der Waals surface area contributed by atoms with Crippen LogP contribution < -0.4 is 10.1 Å². The van der Waals surface area contributed by atoms with E-state index in [0.29, 0.717) is 5.56 Å². The Labute approximate surface area is 155 Å². The van der Waals surface area contributed by atoms with E-state index in [-0.39, 0.29) is 24.1 Å². The van der Waals surface area contributed by atoms with Crippen LogP contribution in [-0.2, 0) is 9.53 Å². The number of aliphatic hydroxyl groups is 4. The number of phenols is 1. The highest BCUT2D eigenvalue weighted by Gasteiger charge is 2.48. The van der Waals surface area contributed by atoms with E-state index in [1.54, 1.807) is 0 Å². The van der Waals surface area contributed by atoms with Crippen LogP contribution in [0.15, 0.2) is 18.2 Å². The van der Waals surface area contributed by atoms with E-state index < -0.39 is 42.8 Å². The predicted octanol–water partition coefficient (Wildman–Crippen LogP) is -1.31. The SMILES string of the molecule is CC(C)NCC(O)c1ccc(O)c(OC2O[C@H](C(=O)O)[C@@H](O)[C@H](O)[C@H]2O)c1. The van der Waals surface area contributed by atoms with Crippen molar-refractivity contribution >= 4 is 5.97 Å². The maximum absolute atomic E-state index is 11.1. The van der Waals surface area contributed by atoms with Crippen molar-refractivity contribution in [3.05, 3.63) is 23.8 Å². The summed E-state index contributed by atoms with van der Waals surface area (Å²) >= 11 is 0. The van der Waals surface area contributed by atoms with Gasteiger partial charge < -0.3 is 45.4 Å². The molecule has 6 atom stereocenters. The number of carboxylic acids is 1. The Hall–Kier alpha value is -1.95. The summed E-state index contributed by atoms with van der Waals surface area (Å²) in [5.74, 6) is -2.07. The summed E-state index contributed by atoms with van der Waals surface area (Å²) < 4.78 is 10.3. The Morgan fingerprint density at radius 2 is 1.89 bits per heavy atom. The minimum absolute atomic E-state index is 0.152. The molecule has 0 aliphatic carbocycles. The number of ether oxygens (including phenoxy) is 2. The molecular weight excluding hydrogens is 362 g/mol. The molecular formula is C17H25NO9. The fourth-order valence-corrected chi connectivity index (χ4v) is 2.57. The van der Waals surface area contributed by atoms with Gasteiger partial charge in [0, 0.05) is 12.6 Å². The molecule has 0 spiro atoms. The minimum atomic E-state index is -1.85. The lowest BCUT2D eigenvalue weighted by molar-refractivity contribution is -0.271. The van der Waals surface area contributed by atoms with Gasteiger partial charge in [-0.2, -0.15) is 0 Å². The fraction of sp³-hybridized carbons (Fsp3) is 0.588. The van der Waals surface area contributed by atoms with Crippen molar-refractivity contribution in [1.29, 1.82) is 0 Å². The van der Waals surface area contributed by atoms with Crippen LogP contribution in [0.2, 0.25) is 0 Å². The van der Waals surface area contributed by atoms with E-state index in [0.717, 1.165) is 0 Å². The molecule has 152 valence electrons. The molecule has 2 rings (SSSR count). The van der Waals surface area contributed by atoms with E-state index in [1.165, 1.54) is 18.2 Å². The molecule has 1 fully saturated rings. The molecule has 10 nitrogen and oxygen atoms in total. The molecule has 10 heteroatoms. The normalized spacial score (nSPS) is 29.5. The first-order chi connectivity index (χ1) is 12.6. The number of aliphatic hydroxyl groups excluding tert-OH is 4. The van der Waals surface area contributed by atoms with Crippen LogP contribution >= 0.6 is 0 Å². The molecule has 1 aromatic carbocycles. The Balaban J connectivity index is 2.17. The van der Waals surface area contributed by atoms with Crippen molar-refractivity contribution in [1.82, 2.24) is 5.32 Å². The van der Waals surface area contributed by atoms with Crippen LogP contribution in [0, 0.1) is 0 Å². The molecule has 0 amide bonds. The van der Waals surface area contributed by atoms with Gasteiger partial charge in [0.2, 0.25) is 6.29 Å². The van der Waals surface area contributed by atoms with E-state index in [2.05, 4.69) is 5.32 Å². The first-order valence-corrected chi connectivity index (χ1v) is 8.45. The molecule has 1 saturated heterocycles. The number of carbonyl (C=O) groups is 1. The van der Waals surface area contributed by atoms with E-state index >= 15 is 0 Å². The van der Waals surface area contributed by atoms with Crippen LogP contribution in [0.4, 0.5) is 0 Å². The number of hydrogen-bond donors (Lipinski definition) is 7. The van der Waals surface area contributed by atoms with Gasteiger partial charge in [0.15, 0.2) is 17.6 Å². The van der Waals surface area contributed by atoms with Crippen molar-refractivity contribution in [2.24, 2.45) is 0 Å². The van der Waals surface area contributed by atoms with Crippen molar-refractivity contribution in [3.63, 3.8) is 0 Å².